The van der Waals surface area contributed by atoms with E-state index in [1.54, 1.807) is 0 Å². The highest BCUT2D eigenvalue weighted by Crippen LogP contribution is 2.30. The molecule has 0 atom stereocenters. The van der Waals surface area contributed by atoms with Gasteiger partial charge >= 0.3 is 15.6 Å². The summed E-state index contributed by atoms with van der Waals surface area (Å²) in [5.41, 5.74) is -6.08. The number of rotatable bonds is 2. The minimum absolute atomic E-state index is 0.0344. The Kier molecular flexibility index (Phi) is 3.24. The number of nitrogens with zero attached hydrogens (tertiary/aromatic N) is 1. The van der Waals surface area contributed by atoms with Gasteiger partial charge in [0.2, 0.25) is 0 Å². The fraction of sp³-hybridized carbons (Fsp3) is 0.182. The molecule has 20 heavy (non-hydrogen) atoms. The molecule has 0 saturated carbocycles. The lowest BCUT2D eigenvalue weighted by atomic mass is 10.2. The topological polar surface area (TPSA) is 65.4 Å². The van der Waals surface area contributed by atoms with Crippen molar-refractivity contribution in [3.8, 4) is 5.75 Å². The lowest BCUT2D eigenvalue weighted by molar-refractivity contribution is -0.0499. The Bertz CT molecular complexity index is 824. The smallest absolute Gasteiger partial charge is 0.374 e. The highest BCUT2D eigenvalue weighted by atomic mass is 32.2. The van der Waals surface area contributed by atoms with Crippen molar-refractivity contribution < 1.29 is 25.8 Å². The Morgan fingerprint density at radius 2 is 1.80 bits per heavy atom. The quantitative estimate of drug-likeness (QED) is 0.626. The van der Waals surface area contributed by atoms with Crippen LogP contribution in [0.3, 0.4) is 0 Å². The van der Waals surface area contributed by atoms with Crippen LogP contribution in [0.5, 0.6) is 5.75 Å². The number of benzene rings is 1. The van der Waals surface area contributed by atoms with Gasteiger partial charge < -0.3 is 8.75 Å². The third-order valence-corrected chi connectivity index (χ3v) is 3.55. The molecule has 0 fully saturated rings. The summed E-state index contributed by atoms with van der Waals surface area (Å²) in [7, 11) is -4.48. The zero-order valence-electron chi connectivity index (χ0n) is 10.0. The van der Waals surface area contributed by atoms with Crippen LogP contribution in [-0.4, -0.2) is 18.5 Å². The zero-order valence-corrected chi connectivity index (χ0v) is 10.8. The maximum Gasteiger partial charge on any atom is 0.534 e. The molecule has 9 heteroatoms. The van der Waals surface area contributed by atoms with Gasteiger partial charge in [-0.2, -0.15) is 21.6 Å². The van der Waals surface area contributed by atoms with E-state index in [4.69, 9.17) is 0 Å². The summed E-state index contributed by atoms with van der Waals surface area (Å²) in [6.07, 6.45) is 0. The van der Waals surface area contributed by atoms with Crippen molar-refractivity contribution >= 4 is 21.0 Å². The summed E-state index contributed by atoms with van der Waals surface area (Å²) in [5.74, 6) is -0.556. The average Bonchev–Trinajstić information content (AvgIpc) is 2.32. The Morgan fingerprint density at radius 1 is 1.15 bits per heavy atom. The normalized spacial score (nSPS) is 12.6. The molecule has 1 aromatic heterocycles. The van der Waals surface area contributed by atoms with E-state index >= 15 is 0 Å². The van der Waals surface area contributed by atoms with Crippen molar-refractivity contribution in [3.05, 3.63) is 40.7 Å². The first kappa shape index (κ1) is 14.4. The second-order valence-corrected chi connectivity index (χ2v) is 5.45. The van der Waals surface area contributed by atoms with Gasteiger partial charge in [0.25, 0.3) is 5.56 Å². The molecule has 2 aromatic rings. The highest BCUT2D eigenvalue weighted by molar-refractivity contribution is 7.88. The van der Waals surface area contributed by atoms with Crippen molar-refractivity contribution in [1.82, 2.24) is 4.57 Å². The predicted octanol–water partition coefficient (Wildman–Crippen LogP) is 1.77. The molecule has 0 unspecified atom stereocenters. The molecule has 0 aliphatic heterocycles. The summed E-state index contributed by atoms with van der Waals surface area (Å²) in [6.45, 7) is 0. The summed E-state index contributed by atoms with van der Waals surface area (Å²) in [4.78, 5) is 11.5. The number of aromatic nitrogens is 1. The SMILES string of the molecule is Cn1c(=O)ccc2cccc(OS(=O)(=O)C(F)(F)F)c21. The number of alkyl halides is 3. The Labute approximate surface area is 111 Å². The van der Waals surface area contributed by atoms with Gasteiger partial charge in [-0.15, -0.1) is 0 Å². The molecule has 0 spiro atoms. The van der Waals surface area contributed by atoms with Crippen LogP contribution in [0, 0.1) is 0 Å². The van der Waals surface area contributed by atoms with Crippen LogP contribution in [-0.2, 0) is 17.2 Å². The third kappa shape index (κ3) is 2.36. The first-order chi connectivity index (χ1) is 9.13. The maximum absolute atomic E-state index is 12.3. The van der Waals surface area contributed by atoms with Gasteiger partial charge in [0, 0.05) is 18.5 Å². The van der Waals surface area contributed by atoms with Gasteiger partial charge in [-0.05, 0) is 12.1 Å². The number of hydrogen-bond acceptors (Lipinski definition) is 4. The minimum atomic E-state index is -5.79. The lowest BCUT2D eigenvalue weighted by Gasteiger charge is -2.13. The van der Waals surface area contributed by atoms with E-state index in [-0.39, 0.29) is 5.52 Å². The largest absolute Gasteiger partial charge is 0.534 e. The average molecular weight is 307 g/mol. The molecule has 0 radical (unpaired) electrons. The Morgan fingerprint density at radius 3 is 2.40 bits per heavy atom. The monoisotopic (exact) mass is 307 g/mol. The van der Waals surface area contributed by atoms with E-state index in [2.05, 4.69) is 4.18 Å². The lowest BCUT2D eigenvalue weighted by Crippen LogP contribution is -2.28. The molecule has 0 aliphatic carbocycles. The highest BCUT2D eigenvalue weighted by Gasteiger charge is 2.48. The van der Waals surface area contributed by atoms with Crippen molar-refractivity contribution in [3.63, 3.8) is 0 Å². The molecule has 0 bridgehead atoms. The Balaban J connectivity index is 2.68. The van der Waals surface area contributed by atoms with Gasteiger partial charge in [0.05, 0.1) is 5.52 Å². The van der Waals surface area contributed by atoms with E-state index in [0.29, 0.717) is 5.39 Å². The molecule has 108 valence electrons. The van der Waals surface area contributed by atoms with Crippen molar-refractivity contribution in [1.29, 1.82) is 0 Å². The van der Waals surface area contributed by atoms with Crippen LogP contribution in [0.15, 0.2) is 35.1 Å². The van der Waals surface area contributed by atoms with Crippen LogP contribution in [0.4, 0.5) is 13.2 Å². The molecule has 0 aliphatic rings. The fourth-order valence-corrected chi connectivity index (χ4v) is 2.11. The first-order valence-corrected chi connectivity index (χ1v) is 6.64. The molecule has 0 amide bonds. The van der Waals surface area contributed by atoms with Gasteiger partial charge in [0.15, 0.2) is 5.75 Å². The zero-order chi connectivity index (χ0) is 15.1. The fourth-order valence-electron chi connectivity index (χ4n) is 1.65. The number of halogens is 3. The molecule has 2 rings (SSSR count). The van der Waals surface area contributed by atoms with Crippen LogP contribution >= 0.6 is 0 Å². The standard InChI is InChI=1S/C11H8F3NO4S/c1-15-9(16)6-5-7-3-2-4-8(10(7)15)19-20(17,18)11(12,13)14/h2-6H,1H3. The van der Waals surface area contributed by atoms with Crippen LogP contribution < -0.4 is 9.74 Å². The van der Waals surface area contributed by atoms with E-state index in [9.17, 15) is 26.4 Å². The van der Waals surface area contributed by atoms with Gasteiger partial charge in [0.1, 0.15) is 0 Å². The van der Waals surface area contributed by atoms with E-state index in [1.165, 1.54) is 31.3 Å². The van der Waals surface area contributed by atoms with E-state index < -0.39 is 26.9 Å². The van der Waals surface area contributed by atoms with Crippen LogP contribution in [0.25, 0.3) is 10.9 Å². The summed E-state index contributed by atoms with van der Waals surface area (Å²) in [6, 6.07) is 6.47. The van der Waals surface area contributed by atoms with Gasteiger partial charge in [-0.1, -0.05) is 12.1 Å². The summed E-state index contributed by atoms with van der Waals surface area (Å²) < 4.78 is 64.1. The first-order valence-electron chi connectivity index (χ1n) is 5.23. The molecule has 0 saturated heterocycles. The summed E-state index contributed by atoms with van der Waals surface area (Å²) >= 11 is 0. The van der Waals surface area contributed by atoms with Crippen molar-refractivity contribution in [2.24, 2.45) is 7.05 Å². The summed E-state index contributed by atoms with van der Waals surface area (Å²) in [5, 5.41) is 0.377. The molecular formula is C11H8F3NO4S. The van der Waals surface area contributed by atoms with Crippen molar-refractivity contribution in [2.75, 3.05) is 0 Å². The molecular weight excluding hydrogens is 299 g/mol. The number of pyridine rings is 1. The van der Waals surface area contributed by atoms with Crippen LogP contribution in [0.2, 0.25) is 0 Å². The number of aryl methyl sites for hydroxylation is 1. The van der Waals surface area contributed by atoms with Crippen LogP contribution in [0.1, 0.15) is 0 Å². The predicted molar refractivity (Wildman–Crippen MR) is 64.8 cm³/mol. The number of hydrogen-bond donors (Lipinski definition) is 0. The third-order valence-electron chi connectivity index (χ3n) is 2.58. The molecule has 1 aromatic carbocycles. The Hall–Kier alpha value is -2.03. The second-order valence-electron chi connectivity index (χ2n) is 3.91. The van der Waals surface area contributed by atoms with E-state index in [1.807, 2.05) is 0 Å². The maximum atomic E-state index is 12.3. The van der Waals surface area contributed by atoms with Gasteiger partial charge in [-0.25, -0.2) is 0 Å². The molecule has 1 heterocycles. The molecule has 0 N–H and O–H groups in total. The molecule has 5 nitrogen and oxygen atoms in total. The van der Waals surface area contributed by atoms with Crippen molar-refractivity contribution in [2.45, 2.75) is 5.51 Å². The second kappa shape index (κ2) is 4.51. The number of fused-ring (bicyclic) bond motifs is 1. The van der Waals surface area contributed by atoms with Gasteiger partial charge in [-0.3, -0.25) is 4.79 Å². The minimum Gasteiger partial charge on any atom is -0.374 e. The number of para-hydroxylation sites is 1. The van der Waals surface area contributed by atoms with E-state index in [0.717, 1.165) is 10.6 Å².